The Hall–Kier alpha value is -3.86. The molecule has 11 heteroatoms. The SMILES string of the molecule is CCc1cc(C(=O)c2ccc(OC(F)(F)F)cc2)c(NC(=O)c2ccc(OC(C)(C)C(=O)O)cc2)s1. The molecule has 0 unspecified atom stereocenters. The summed E-state index contributed by atoms with van der Waals surface area (Å²) in [6, 6.07) is 12.0. The highest BCUT2D eigenvalue weighted by atomic mass is 32.1. The summed E-state index contributed by atoms with van der Waals surface area (Å²) >= 11 is 1.21. The molecule has 7 nitrogen and oxygen atoms in total. The molecule has 2 N–H and O–H groups in total. The number of aliphatic carboxylic acids is 1. The molecule has 1 aromatic heterocycles. The average molecular weight is 522 g/mol. The van der Waals surface area contributed by atoms with E-state index in [1.807, 2.05) is 6.92 Å². The first kappa shape index (κ1) is 26.7. The Morgan fingerprint density at radius 1 is 0.917 bits per heavy atom. The van der Waals surface area contributed by atoms with Crippen LogP contribution in [0.2, 0.25) is 0 Å². The normalized spacial score (nSPS) is 11.6. The fourth-order valence-corrected chi connectivity index (χ4v) is 4.02. The number of anilines is 1. The van der Waals surface area contributed by atoms with Gasteiger partial charge in [-0.15, -0.1) is 24.5 Å². The van der Waals surface area contributed by atoms with E-state index in [1.165, 1.54) is 61.6 Å². The first-order valence-electron chi connectivity index (χ1n) is 10.7. The van der Waals surface area contributed by atoms with Gasteiger partial charge in [0.05, 0.1) is 5.56 Å². The molecule has 3 rings (SSSR count). The fourth-order valence-electron chi connectivity index (χ4n) is 3.03. The predicted octanol–water partition coefficient (Wildman–Crippen LogP) is 5.93. The smallest absolute Gasteiger partial charge is 0.478 e. The van der Waals surface area contributed by atoms with E-state index in [0.29, 0.717) is 11.4 Å². The average Bonchev–Trinajstić information content (AvgIpc) is 3.21. The van der Waals surface area contributed by atoms with Gasteiger partial charge in [0.25, 0.3) is 5.91 Å². The van der Waals surface area contributed by atoms with E-state index in [1.54, 1.807) is 6.07 Å². The monoisotopic (exact) mass is 521 g/mol. The number of carboxylic acids is 1. The molecule has 190 valence electrons. The number of ether oxygens (including phenoxy) is 2. The third kappa shape index (κ3) is 6.63. The van der Waals surface area contributed by atoms with Gasteiger partial charge in [-0.25, -0.2) is 4.79 Å². The summed E-state index contributed by atoms with van der Waals surface area (Å²) in [5.41, 5.74) is -0.876. The number of halogens is 3. The lowest BCUT2D eigenvalue weighted by atomic mass is 10.0. The summed E-state index contributed by atoms with van der Waals surface area (Å²) < 4.78 is 46.4. The fraction of sp³-hybridized carbons (Fsp3) is 0.240. The number of carboxylic acid groups (broad SMARTS) is 1. The first-order valence-corrected chi connectivity index (χ1v) is 11.5. The van der Waals surface area contributed by atoms with Crippen LogP contribution >= 0.6 is 11.3 Å². The minimum absolute atomic E-state index is 0.128. The van der Waals surface area contributed by atoms with Crippen molar-refractivity contribution in [3.63, 3.8) is 0 Å². The van der Waals surface area contributed by atoms with E-state index in [9.17, 15) is 32.7 Å². The number of hydrogen-bond acceptors (Lipinski definition) is 6. The quantitative estimate of drug-likeness (QED) is 0.338. The van der Waals surface area contributed by atoms with Crippen LogP contribution in [0, 0.1) is 0 Å². The number of hydrogen-bond donors (Lipinski definition) is 2. The van der Waals surface area contributed by atoms with E-state index in [2.05, 4.69) is 10.1 Å². The molecule has 3 aromatic rings. The van der Waals surface area contributed by atoms with Crippen molar-refractivity contribution < 1.29 is 42.1 Å². The molecule has 0 aliphatic carbocycles. The topological polar surface area (TPSA) is 102 Å². The molecule has 0 bridgehead atoms. The zero-order valence-electron chi connectivity index (χ0n) is 19.4. The van der Waals surface area contributed by atoms with Gasteiger partial charge in [-0.3, -0.25) is 9.59 Å². The summed E-state index contributed by atoms with van der Waals surface area (Å²) in [5.74, 6) is -2.32. The predicted molar refractivity (Wildman–Crippen MR) is 127 cm³/mol. The Kier molecular flexibility index (Phi) is 7.73. The molecule has 0 saturated heterocycles. The Balaban J connectivity index is 1.78. The number of nitrogens with one attached hydrogen (secondary N) is 1. The second-order valence-electron chi connectivity index (χ2n) is 8.11. The number of alkyl halides is 3. The molecular formula is C25H22F3NO6S. The van der Waals surface area contributed by atoms with Crippen LogP contribution < -0.4 is 14.8 Å². The Morgan fingerprint density at radius 2 is 1.44 bits per heavy atom. The summed E-state index contributed by atoms with van der Waals surface area (Å²) in [5, 5.41) is 12.2. The van der Waals surface area contributed by atoms with E-state index < -0.39 is 35.4 Å². The zero-order valence-corrected chi connectivity index (χ0v) is 20.3. The molecule has 0 aliphatic heterocycles. The summed E-state index contributed by atoms with van der Waals surface area (Å²) in [7, 11) is 0. The van der Waals surface area contributed by atoms with Crippen LogP contribution in [-0.4, -0.2) is 34.7 Å². The lowest BCUT2D eigenvalue weighted by Crippen LogP contribution is -2.37. The molecule has 0 radical (unpaired) electrons. The van der Waals surface area contributed by atoms with Crippen molar-refractivity contribution in [1.29, 1.82) is 0 Å². The molecular weight excluding hydrogens is 499 g/mol. The standard InChI is InChI=1S/C25H22F3NO6S/c1-4-18-13-19(20(30)14-5-9-17(10-6-14)35-25(26,27)28)22(36-18)29-21(31)15-7-11-16(12-8-15)34-24(2,3)23(32)33/h5-13H,4H2,1-3H3,(H,29,31)(H,32,33). The number of benzene rings is 2. The van der Waals surface area contributed by atoms with Gasteiger partial charge in [-0.2, -0.15) is 0 Å². The van der Waals surface area contributed by atoms with Crippen LogP contribution in [-0.2, 0) is 11.2 Å². The lowest BCUT2D eigenvalue weighted by molar-refractivity contribution is -0.274. The minimum Gasteiger partial charge on any atom is -0.478 e. The molecule has 0 saturated carbocycles. The second kappa shape index (κ2) is 10.4. The molecule has 0 aliphatic rings. The van der Waals surface area contributed by atoms with Crippen LogP contribution in [0.1, 0.15) is 51.9 Å². The summed E-state index contributed by atoms with van der Waals surface area (Å²) in [6.45, 7) is 4.67. The third-order valence-corrected chi connectivity index (χ3v) is 6.15. The van der Waals surface area contributed by atoms with Gasteiger partial charge in [-0.1, -0.05) is 6.92 Å². The number of aryl methyl sites for hydroxylation is 1. The van der Waals surface area contributed by atoms with E-state index in [4.69, 9.17) is 4.74 Å². The Bertz CT molecular complexity index is 1260. The van der Waals surface area contributed by atoms with Gasteiger partial charge in [0.15, 0.2) is 11.4 Å². The maximum atomic E-state index is 13.1. The van der Waals surface area contributed by atoms with Crippen molar-refractivity contribution >= 4 is 34.0 Å². The van der Waals surface area contributed by atoms with Crippen molar-refractivity contribution in [2.75, 3.05) is 5.32 Å². The van der Waals surface area contributed by atoms with Crippen molar-refractivity contribution in [1.82, 2.24) is 0 Å². The number of carbonyl (C=O) groups excluding carboxylic acids is 2. The van der Waals surface area contributed by atoms with Crippen molar-refractivity contribution in [3.05, 3.63) is 76.2 Å². The van der Waals surface area contributed by atoms with Crippen LogP contribution in [0.3, 0.4) is 0 Å². The molecule has 0 fully saturated rings. The van der Waals surface area contributed by atoms with Gasteiger partial charge in [0.2, 0.25) is 0 Å². The molecule has 1 amide bonds. The van der Waals surface area contributed by atoms with Gasteiger partial charge < -0.3 is 19.9 Å². The highest BCUT2D eigenvalue weighted by molar-refractivity contribution is 7.16. The lowest BCUT2D eigenvalue weighted by Gasteiger charge is -2.21. The summed E-state index contributed by atoms with van der Waals surface area (Å²) in [4.78, 5) is 38.0. The van der Waals surface area contributed by atoms with E-state index in [0.717, 1.165) is 17.0 Å². The molecule has 2 aromatic carbocycles. The Morgan fingerprint density at radius 3 is 1.94 bits per heavy atom. The third-order valence-electron chi connectivity index (χ3n) is 4.96. The first-order chi connectivity index (χ1) is 16.8. The molecule has 0 atom stereocenters. The van der Waals surface area contributed by atoms with Gasteiger partial charge in [0.1, 0.15) is 16.5 Å². The van der Waals surface area contributed by atoms with Crippen LogP contribution in [0.25, 0.3) is 0 Å². The summed E-state index contributed by atoms with van der Waals surface area (Å²) in [6.07, 6.45) is -4.24. The van der Waals surface area contributed by atoms with Gasteiger partial charge in [-0.05, 0) is 74.9 Å². The van der Waals surface area contributed by atoms with Crippen LogP contribution in [0.15, 0.2) is 54.6 Å². The van der Waals surface area contributed by atoms with Crippen LogP contribution in [0.4, 0.5) is 18.2 Å². The number of ketones is 1. The second-order valence-corrected chi connectivity index (χ2v) is 9.24. The van der Waals surface area contributed by atoms with E-state index in [-0.39, 0.29) is 22.4 Å². The van der Waals surface area contributed by atoms with E-state index >= 15 is 0 Å². The maximum absolute atomic E-state index is 13.1. The van der Waals surface area contributed by atoms with Gasteiger partial charge in [0, 0.05) is 16.0 Å². The van der Waals surface area contributed by atoms with Crippen molar-refractivity contribution in [3.8, 4) is 11.5 Å². The van der Waals surface area contributed by atoms with Crippen molar-refractivity contribution in [2.24, 2.45) is 0 Å². The maximum Gasteiger partial charge on any atom is 0.573 e. The van der Waals surface area contributed by atoms with Crippen molar-refractivity contribution in [2.45, 2.75) is 39.2 Å². The number of carbonyl (C=O) groups is 3. The molecule has 36 heavy (non-hydrogen) atoms. The Labute approximate surface area is 208 Å². The van der Waals surface area contributed by atoms with Gasteiger partial charge >= 0.3 is 12.3 Å². The largest absolute Gasteiger partial charge is 0.573 e. The zero-order chi connectivity index (χ0) is 26.7. The number of rotatable bonds is 9. The highest BCUT2D eigenvalue weighted by Crippen LogP contribution is 2.32. The highest BCUT2D eigenvalue weighted by Gasteiger charge is 2.31. The number of thiophene rings is 1. The minimum atomic E-state index is -4.84. The number of amides is 1. The van der Waals surface area contributed by atoms with Crippen LogP contribution in [0.5, 0.6) is 11.5 Å². The molecule has 1 heterocycles. The molecule has 0 spiro atoms.